The van der Waals surface area contributed by atoms with Crippen molar-refractivity contribution in [1.29, 1.82) is 0 Å². The molecule has 1 aromatic heterocycles. The quantitative estimate of drug-likeness (QED) is 0.677. The Labute approximate surface area is 94.1 Å². The molecule has 0 bridgehead atoms. The van der Waals surface area contributed by atoms with Gasteiger partial charge in [-0.05, 0) is 12.0 Å². The van der Waals surface area contributed by atoms with Crippen LogP contribution in [0.3, 0.4) is 0 Å². The number of carbonyl (C=O) groups is 1. The van der Waals surface area contributed by atoms with E-state index in [-0.39, 0.29) is 18.2 Å². The smallest absolute Gasteiger partial charge is 0.338 e. The third-order valence-corrected chi connectivity index (χ3v) is 2.44. The van der Waals surface area contributed by atoms with E-state index in [9.17, 15) is 4.79 Å². The Morgan fingerprint density at radius 1 is 1.56 bits per heavy atom. The molecule has 0 radical (unpaired) electrons. The number of carboxylic acid groups (broad SMARTS) is 1. The summed E-state index contributed by atoms with van der Waals surface area (Å²) >= 11 is 0. The largest absolute Gasteiger partial charge is 0.478 e. The molecule has 0 saturated heterocycles. The summed E-state index contributed by atoms with van der Waals surface area (Å²) in [6, 6.07) is 1.46. The van der Waals surface area contributed by atoms with Gasteiger partial charge in [-0.25, -0.2) is 4.79 Å². The first-order valence-electron chi connectivity index (χ1n) is 5.19. The van der Waals surface area contributed by atoms with Crippen molar-refractivity contribution in [2.24, 2.45) is 5.92 Å². The zero-order valence-corrected chi connectivity index (χ0v) is 9.43. The normalized spacial score (nSPS) is 13.0. The number of hydrogen-bond donors (Lipinski definition) is 3. The highest BCUT2D eigenvalue weighted by Crippen LogP contribution is 2.09. The number of nitrogens with one attached hydrogen (secondary N) is 1. The topological polar surface area (TPSA) is 82.7 Å². The van der Waals surface area contributed by atoms with Gasteiger partial charge < -0.3 is 19.9 Å². The molecule has 0 amide bonds. The zero-order chi connectivity index (χ0) is 12.1. The summed E-state index contributed by atoms with van der Waals surface area (Å²) in [5, 5.41) is 20.9. The Morgan fingerprint density at radius 2 is 2.25 bits per heavy atom. The predicted molar refractivity (Wildman–Crippen MR) is 58.2 cm³/mol. The molecule has 1 rings (SSSR count). The average Bonchev–Trinajstić information content (AvgIpc) is 2.67. The number of rotatable bonds is 6. The van der Waals surface area contributed by atoms with Gasteiger partial charge in [0.15, 0.2) is 0 Å². The van der Waals surface area contributed by atoms with Crippen LogP contribution in [-0.2, 0) is 6.54 Å². The standard InChI is InChI=1S/C11H17NO4/c1-7(2)10(5-13)12-4-9-3-8(6-16-9)11(14)15/h3,6-7,10,12-13H,4-5H2,1-2H3,(H,14,15). The summed E-state index contributed by atoms with van der Waals surface area (Å²) in [6.07, 6.45) is 1.21. The van der Waals surface area contributed by atoms with E-state index in [0.717, 1.165) is 0 Å². The van der Waals surface area contributed by atoms with Crippen LogP contribution < -0.4 is 5.32 Å². The fourth-order valence-corrected chi connectivity index (χ4v) is 1.33. The van der Waals surface area contributed by atoms with Crippen LogP contribution in [0.2, 0.25) is 0 Å². The van der Waals surface area contributed by atoms with Gasteiger partial charge in [-0.3, -0.25) is 0 Å². The van der Waals surface area contributed by atoms with E-state index < -0.39 is 5.97 Å². The number of aliphatic hydroxyl groups is 1. The lowest BCUT2D eigenvalue weighted by Gasteiger charge is -2.18. The fraction of sp³-hybridized carbons (Fsp3) is 0.545. The summed E-state index contributed by atoms with van der Waals surface area (Å²) in [4.78, 5) is 10.6. The van der Waals surface area contributed by atoms with E-state index in [2.05, 4.69) is 5.32 Å². The molecule has 1 unspecified atom stereocenters. The molecule has 90 valence electrons. The predicted octanol–water partition coefficient (Wildman–Crippen LogP) is 1.08. The number of furan rings is 1. The molecular weight excluding hydrogens is 210 g/mol. The van der Waals surface area contributed by atoms with Gasteiger partial charge in [0, 0.05) is 6.04 Å². The maximum atomic E-state index is 10.6. The average molecular weight is 227 g/mol. The van der Waals surface area contributed by atoms with Crippen LogP contribution in [0, 0.1) is 5.92 Å². The minimum Gasteiger partial charge on any atom is -0.478 e. The molecule has 0 aliphatic rings. The fourth-order valence-electron chi connectivity index (χ4n) is 1.33. The second-order valence-corrected chi connectivity index (χ2v) is 4.02. The van der Waals surface area contributed by atoms with Crippen LogP contribution in [0.5, 0.6) is 0 Å². The maximum Gasteiger partial charge on any atom is 0.338 e. The molecule has 1 atom stereocenters. The van der Waals surface area contributed by atoms with Crippen LogP contribution in [0.15, 0.2) is 16.7 Å². The van der Waals surface area contributed by atoms with Crippen molar-refractivity contribution < 1.29 is 19.4 Å². The van der Waals surface area contributed by atoms with E-state index in [1.807, 2.05) is 13.8 Å². The minimum absolute atomic E-state index is 0.0154. The van der Waals surface area contributed by atoms with Gasteiger partial charge in [-0.2, -0.15) is 0 Å². The number of hydrogen-bond acceptors (Lipinski definition) is 4. The van der Waals surface area contributed by atoms with Gasteiger partial charge in [0.25, 0.3) is 0 Å². The molecule has 3 N–H and O–H groups in total. The van der Waals surface area contributed by atoms with Gasteiger partial charge in [0.05, 0.1) is 18.7 Å². The number of aromatic carboxylic acids is 1. The van der Waals surface area contributed by atoms with E-state index in [1.165, 1.54) is 12.3 Å². The van der Waals surface area contributed by atoms with Crippen LogP contribution in [0.4, 0.5) is 0 Å². The molecular formula is C11H17NO4. The molecule has 0 aliphatic carbocycles. The molecule has 0 saturated carbocycles. The molecule has 5 heteroatoms. The lowest BCUT2D eigenvalue weighted by atomic mass is 10.1. The van der Waals surface area contributed by atoms with E-state index in [1.54, 1.807) is 0 Å². The van der Waals surface area contributed by atoms with Gasteiger partial charge >= 0.3 is 5.97 Å². The van der Waals surface area contributed by atoms with Crippen molar-refractivity contribution in [3.05, 3.63) is 23.7 Å². The highest BCUT2D eigenvalue weighted by Gasteiger charge is 2.13. The molecule has 0 aliphatic heterocycles. The van der Waals surface area contributed by atoms with Crippen molar-refractivity contribution in [1.82, 2.24) is 5.32 Å². The Balaban J connectivity index is 2.50. The summed E-state index contributed by atoms with van der Waals surface area (Å²) in [5.41, 5.74) is 0.141. The number of aliphatic hydroxyl groups excluding tert-OH is 1. The van der Waals surface area contributed by atoms with E-state index >= 15 is 0 Å². The summed E-state index contributed by atoms with van der Waals surface area (Å²) in [6.45, 7) is 4.46. The van der Waals surface area contributed by atoms with Gasteiger partial charge in [-0.15, -0.1) is 0 Å². The Kier molecular flexibility index (Phi) is 4.52. The Morgan fingerprint density at radius 3 is 2.69 bits per heavy atom. The lowest BCUT2D eigenvalue weighted by Crippen LogP contribution is -2.36. The molecule has 0 spiro atoms. The Hall–Kier alpha value is -1.33. The monoisotopic (exact) mass is 227 g/mol. The van der Waals surface area contributed by atoms with Crippen LogP contribution in [-0.4, -0.2) is 28.8 Å². The molecule has 0 aromatic carbocycles. The Bertz CT molecular complexity index is 346. The van der Waals surface area contributed by atoms with Gasteiger partial charge in [0.2, 0.25) is 0 Å². The SMILES string of the molecule is CC(C)C(CO)NCc1cc(C(=O)O)co1. The summed E-state index contributed by atoms with van der Waals surface area (Å²) in [7, 11) is 0. The highest BCUT2D eigenvalue weighted by molar-refractivity contribution is 5.87. The van der Waals surface area contributed by atoms with Crippen LogP contribution in [0.1, 0.15) is 30.0 Å². The first-order chi connectivity index (χ1) is 7.54. The van der Waals surface area contributed by atoms with Gasteiger partial charge in [0.1, 0.15) is 12.0 Å². The van der Waals surface area contributed by atoms with E-state index in [0.29, 0.717) is 18.2 Å². The van der Waals surface area contributed by atoms with Crippen molar-refractivity contribution >= 4 is 5.97 Å². The molecule has 1 aromatic rings. The van der Waals surface area contributed by atoms with Crippen molar-refractivity contribution in [2.45, 2.75) is 26.4 Å². The lowest BCUT2D eigenvalue weighted by molar-refractivity contribution is 0.0696. The first kappa shape index (κ1) is 12.7. The van der Waals surface area contributed by atoms with E-state index in [4.69, 9.17) is 14.6 Å². The highest BCUT2D eigenvalue weighted by atomic mass is 16.4. The molecule has 0 fully saturated rings. The third-order valence-electron chi connectivity index (χ3n) is 2.44. The minimum atomic E-state index is -1.00. The van der Waals surface area contributed by atoms with Crippen molar-refractivity contribution in [3.8, 4) is 0 Å². The molecule has 5 nitrogen and oxygen atoms in total. The second kappa shape index (κ2) is 5.67. The van der Waals surface area contributed by atoms with Crippen molar-refractivity contribution in [3.63, 3.8) is 0 Å². The van der Waals surface area contributed by atoms with Crippen molar-refractivity contribution in [2.75, 3.05) is 6.61 Å². The van der Waals surface area contributed by atoms with Gasteiger partial charge in [-0.1, -0.05) is 13.8 Å². The summed E-state index contributed by atoms with van der Waals surface area (Å²) < 4.78 is 5.08. The third kappa shape index (κ3) is 3.36. The summed E-state index contributed by atoms with van der Waals surface area (Å²) in [5.74, 6) is -0.145. The number of carboxylic acids is 1. The van der Waals surface area contributed by atoms with Crippen LogP contribution >= 0.6 is 0 Å². The first-order valence-corrected chi connectivity index (χ1v) is 5.19. The molecule has 1 heterocycles. The zero-order valence-electron chi connectivity index (χ0n) is 9.43. The molecule has 16 heavy (non-hydrogen) atoms. The second-order valence-electron chi connectivity index (χ2n) is 4.02. The maximum absolute atomic E-state index is 10.6. The van der Waals surface area contributed by atoms with Crippen LogP contribution in [0.25, 0.3) is 0 Å².